The summed E-state index contributed by atoms with van der Waals surface area (Å²) in [6, 6.07) is 19.6. The highest BCUT2D eigenvalue weighted by atomic mass is 16.5. The molecule has 0 aliphatic heterocycles. The SMILES string of the molecule is CC(C)(C)C(OCC(=O)O)(c1ccccc1)c1ccccc1. The van der Waals surface area contributed by atoms with Crippen molar-refractivity contribution in [3.8, 4) is 0 Å². The zero-order valence-corrected chi connectivity index (χ0v) is 13.2. The largest absolute Gasteiger partial charge is 0.480 e. The Morgan fingerprint density at radius 1 is 0.909 bits per heavy atom. The van der Waals surface area contributed by atoms with Crippen molar-refractivity contribution in [2.75, 3.05) is 6.61 Å². The molecule has 1 N–H and O–H groups in total. The van der Waals surface area contributed by atoms with E-state index in [4.69, 9.17) is 9.84 Å². The number of carboxylic acids is 1. The summed E-state index contributed by atoms with van der Waals surface area (Å²) in [5.41, 5.74) is 0.754. The molecule has 0 saturated heterocycles. The van der Waals surface area contributed by atoms with Crippen LogP contribution in [0.25, 0.3) is 0 Å². The maximum atomic E-state index is 11.1. The van der Waals surface area contributed by atoms with Gasteiger partial charge in [0.15, 0.2) is 0 Å². The molecule has 116 valence electrons. The number of aliphatic carboxylic acids is 1. The van der Waals surface area contributed by atoms with Crippen LogP contribution in [0.1, 0.15) is 31.9 Å². The average Bonchev–Trinajstić information content (AvgIpc) is 2.48. The van der Waals surface area contributed by atoms with Gasteiger partial charge in [-0.2, -0.15) is 0 Å². The first-order valence-corrected chi connectivity index (χ1v) is 7.35. The van der Waals surface area contributed by atoms with Crippen LogP contribution < -0.4 is 0 Å². The summed E-state index contributed by atoms with van der Waals surface area (Å²) in [5, 5.41) is 9.11. The summed E-state index contributed by atoms with van der Waals surface area (Å²) in [5.74, 6) is -0.972. The molecule has 0 saturated carbocycles. The van der Waals surface area contributed by atoms with Crippen molar-refractivity contribution < 1.29 is 14.6 Å². The molecule has 2 aromatic rings. The fourth-order valence-electron chi connectivity index (χ4n) is 2.93. The van der Waals surface area contributed by atoms with E-state index in [0.29, 0.717) is 0 Å². The molecular weight excluding hydrogens is 276 g/mol. The Morgan fingerprint density at radius 2 is 1.32 bits per heavy atom. The van der Waals surface area contributed by atoms with Gasteiger partial charge in [-0.3, -0.25) is 0 Å². The zero-order chi connectivity index (χ0) is 16.2. The molecule has 0 bridgehead atoms. The number of carbonyl (C=O) groups is 1. The fraction of sp³-hybridized carbons (Fsp3) is 0.316. The van der Waals surface area contributed by atoms with Gasteiger partial charge in [-0.05, 0) is 16.5 Å². The van der Waals surface area contributed by atoms with E-state index >= 15 is 0 Å². The highest BCUT2D eigenvalue weighted by Gasteiger charge is 2.46. The summed E-state index contributed by atoms with van der Waals surface area (Å²) in [4.78, 5) is 11.1. The zero-order valence-electron chi connectivity index (χ0n) is 13.2. The van der Waals surface area contributed by atoms with Gasteiger partial charge in [-0.15, -0.1) is 0 Å². The van der Waals surface area contributed by atoms with Crippen molar-refractivity contribution in [2.45, 2.75) is 26.4 Å². The first kappa shape index (κ1) is 16.2. The van der Waals surface area contributed by atoms with E-state index in [2.05, 4.69) is 20.8 Å². The van der Waals surface area contributed by atoms with E-state index in [1.807, 2.05) is 60.7 Å². The predicted octanol–water partition coefficient (Wildman–Crippen LogP) is 4.08. The van der Waals surface area contributed by atoms with Gasteiger partial charge in [0.05, 0.1) is 0 Å². The van der Waals surface area contributed by atoms with E-state index in [1.54, 1.807) is 0 Å². The van der Waals surface area contributed by atoms with Gasteiger partial charge >= 0.3 is 5.97 Å². The van der Waals surface area contributed by atoms with Gasteiger partial charge in [0.1, 0.15) is 12.2 Å². The van der Waals surface area contributed by atoms with E-state index in [-0.39, 0.29) is 12.0 Å². The van der Waals surface area contributed by atoms with Gasteiger partial charge in [0, 0.05) is 0 Å². The lowest BCUT2D eigenvalue weighted by atomic mass is 9.68. The summed E-state index contributed by atoms with van der Waals surface area (Å²) in [6.45, 7) is 5.85. The lowest BCUT2D eigenvalue weighted by Gasteiger charge is -2.45. The van der Waals surface area contributed by atoms with E-state index in [1.165, 1.54) is 0 Å². The lowest BCUT2D eigenvalue weighted by Crippen LogP contribution is -2.45. The van der Waals surface area contributed by atoms with Crippen LogP contribution in [0.15, 0.2) is 60.7 Å². The Labute approximate surface area is 131 Å². The second-order valence-corrected chi connectivity index (χ2v) is 6.35. The van der Waals surface area contributed by atoms with Gasteiger partial charge in [-0.25, -0.2) is 4.79 Å². The Balaban J connectivity index is 2.67. The standard InChI is InChI=1S/C19H22O3/c1-18(2,3)19(22-14-17(20)21,15-10-6-4-7-11-15)16-12-8-5-9-13-16/h4-13H,14H2,1-3H3,(H,20,21). The van der Waals surface area contributed by atoms with Crippen LogP contribution in [-0.2, 0) is 15.1 Å². The Bertz CT molecular complexity index is 573. The third-order valence-electron chi connectivity index (χ3n) is 3.83. The number of hydrogen-bond donors (Lipinski definition) is 1. The summed E-state index contributed by atoms with van der Waals surface area (Å²) < 4.78 is 6.03. The Morgan fingerprint density at radius 3 is 1.64 bits per heavy atom. The molecule has 0 atom stereocenters. The quantitative estimate of drug-likeness (QED) is 0.904. The fourth-order valence-corrected chi connectivity index (χ4v) is 2.93. The molecule has 2 aromatic carbocycles. The maximum Gasteiger partial charge on any atom is 0.329 e. The number of ether oxygens (including phenoxy) is 1. The summed E-state index contributed by atoms with van der Waals surface area (Å²) in [7, 11) is 0. The first-order valence-electron chi connectivity index (χ1n) is 7.35. The molecule has 3 nitrogen and oxygen atoms in total. The van der Waals surface area contributed by atoms with E-state index < -0.39 is 11.6 Å². The van der Waals surface area contributed by atoms with Crippen LogP contribution in [0.4, 0.5) is 0 Å². The van der Waals surface area contributed by atoms with Gasteiger partial charge in [-0.1, -0.05) is 81.4 Å². The third-order valence-corrected chi connectivity index (χ3v) is 3.83. The molecule has 0 aliphatic carbocycles. The molecule has 0 unspecified atom stereocenters. The smallest absolute Gasteiger partial charge is 0.329 e. The lowest BCUT2D eigenvalue weighted by molar-refractivity contribution is -0.155. The van der Waals surface area contributed by atoms with Crippen molar-refractivity contribution in [1.82, 2.24) is 0 Å². The van der Waals surface area contributed by atoms with Gasteiger partial charge in [0.25, 0.3) is 0 Å². The van der Waals surface area contributed by atoms with E-state index in [9.17, 15) is 4.79 Å². The highest BCUT2D eigenvalue weighted by Crippen LogP contribution is 2.47. The Hall–Kier alpha value is -2.13. The van der Waals surface area contributed by atoms with Crippen molar-refractivity contribution in [3.63, 3.8) is 0 Å². The minimum absolute atomic E-state index is 0.328. The summed E-state index contributed by atoms with van der Waals surface area (Å²) in [6.07, 6.45) is 0. The van der Waals surface area contributed by atoms with Crippen LogP contribution >= 0.6 is 0 Å². The average molecular weight is 298 g/mol. The summed E-state index contributed by atoms with van der Waals surface area (Å²) >= 11 is 0. The minimum Gasteiger partial charge on any atom is -0.480 e. The molecule has 0 aromatic heterocycles. The molecule has 3 heteroatoms. The van der Waals surface area contributed by atoms with Gasteiger partial charge in [0.2, 0.25) is 0 Å². The molecular formula is C19H22O3. The molecule has 0 aliphatic rings. The van der Waals surface area contributed by atoms with Gasteiger partial charge < -0.3 is 9.84 Å². The molecule has 0 heterocycles. The second kappa shape index (κ2) is 6.32. The van der Waals surface area contributed by atoms with Crippen LogP contribution in [-0.4, -0.2) is 17.7 Å². The molecule has 0 radical (unpaired) electrons. The number of rotatable bonds is 5. The predicted molar refractivity (Wildman–Crippen MR) is 86.7 cm³/mol. The van der Waals surface area contributed by atoms with E-state index in [0.717, 1.165) is 11.1 Å². The van der Waals surface area contributed by atoms with Crippen LogP contribution in [0.5, 0.6) is 0 Å². The van der Waals surface area contributed by atoms with Crippen molar-refractivity contribution in [1.29, 1.82) is 0 Å². The molecule has 0 amide bonds. The molecule has 0 spiro atoms. The van der Waals surface area contributed by atoms with Crippen molar-refractivity contribution in [3.05, 3.63) is 71.8 Å². The normalized spacial score (nSPS) is 12.1. The first-order chi connectivity index (χ1) is 10.4. The van der Waals surface area contributed by atoms with Crippen LogP contribution in [0.2, 0.25) is 0 Å². The monoisotopic (exact) mass is 298 g/mol. The van der Waals surface area contributed by atoms with Crippen molar-refractivity contribution in [2.24, 2.45) is 5.41 Å². The maximum absolute atomic E-state index is 11.1. The van der Waals surface area contributed by atoms with Crippen molar-refractivity contribution >= 4 is 5.97 Å². The van der Waals surface area contributed by atoms with Crippen LogP contribution in [0.3, 0.4) is 0 Å². The topological polar surface area (TPSA) is 46.5 Å². The minimum atomic E-state index is -0.972. The molecule has 2 rings (SSSR count). The number of carboxylic acid groups (broad SMARTS) is 1. The molecule has 22 heavy (non-hydrogen) atoms. The number of hydrogen-bond acceptors (Lipinski definition) is 2. The number of benzene rings is 2. The van der Waals surface area contributed by atoms with Crippen LogP contribution in [0, 0.1) is 5.41 Å². The second-order valence-electron chi connectivity index (χ2n) is 6.35. The Kier molecular flexibility index (Phi) is 4.67. The molecule has 0 fully saturated rings. The third kappa shape index (κ3) is 3.04. The highest BCUT2D eigenvalue weighted by molar-refractivity contribution is 5.68.